The first-order valence-corrected chi connectivity index (χ1v) is 8.91. The van der Waals surface area contributed by atoms with Gasteiger partial charge in [-0.3, -0.25) is 9.13 Å². The standard InChI is InChI=1S/C13H16N5O4P/c1-3-8-4-10(22-9(8)5-21-23(2,19)20)18-7-17-11-12(14)15-6-16-13(11)18/h1,6-10H,4-5H2,2H3,(H,19,20)(H2,14,15,16). The Kier molecular flexibility index (Phi) is 4.08. The number of hydrogen-bond acceptors (Lipinski definition) is 7. The minimum absolute atomic E-state index is 0.0562. The second kappa shape index (κ2) is 5.91. The van der Waals surface area contributed by atoms with Crippen LogP contribution in [0.5, 0.6) is 0 Å². The van der Waals surface area contributed by atoms with E-state index in [1.54, 1.807) is 10.9 Å². The number of aromatic nitrogens is 4. The Balaban J connectivity index is 1.83. The average molecular weight is 337 g/mol. The van der Waals surface area contributed by atoms with Gasteiger partial charge in [0.25, 0.3) is 0 Å². The van der Waals surface area contributed by atoms with Crippen LogP contribution in [0.15, 0.2) is 12.7 Å². The first-order chi connectivity index (χ1) is 10.9. The summed E-state index contributed by atoms with van der Waals surface area (Å²) >= 11 is 0. The Labute approximate surface area is 132 Å². The highest BCUT2D eigenvalue weighted by Crippen LogP contribution is 2.40. The van der Waals surface area contributed by atoms with Crippen molar-refractivity contribution < 1.29 is 18.7 Å². The molecule has 0 amide bonds. The molecule has 3 heterocycles. The summed E-state index contributed by atoms with van der Waals surface area (Å²) in [7, 11) is -3.59. The van der Waals surface area contributed by atoms with Crippen LogP contribution in [0.3, 0.4) is 0 Å². The Morgan fingerprint density at radius 3 is 3.09 bits per heavy atom. The van der Waals surface area contributed by atoms with Crippen molar-refractivity contribution in [1.82, 2.24) is 19.5 Å². The molecule has 2 aromatic heterocycles. The summed E-state index contributed by atoms with van der Waals surface area (Å²) in [6, 6.07) is 0. The molecule has 4 unspecified atom stereocenters. The van der Waals surface area contributed by atoms with E-state index in [0.717, 1.165) is 6.66 Å². The number of hydrogen-bond donors (Lipinski definition) is 2. The zero-order valence-electron chi connectivity index (χ0n) is 12.4. The quantitative estimate of drug-likeness (QED) is 0.619. The van der Waals surface area contributed by atoms with Crippen molar-refractivity contribution in [3.63, 3.8) is 0 Å². The van der Waals surface area contributed by atoms with Crippen LogP contribution in [0.1, 0.15) is 12.6 Å². The van der Waals surface area contributed by atoms with Crippen LogP contribution in [0.4, 0.5) is 5.82 Å². The second-order valence-corrected chi connectivity index (χ2v) is 7.18. The first-order valence-electron chi connectivity index (χ1n) is 6.88. The molecule has 10 heteroatoms. The van der Waals surface area contributed by atoms with Gasteiger partial charge >= 0.3 is 7.60 Å². The highest BCUT2D eigenvalue weighted by Gasteiger charge is 2.37. The lowest BCUT2D eigenvalue weighted by atomic mass is 10.0. The van der Waals surface area contributed by atoms with Crippen LogP contribution in [0, 0.1) is 18.3 Å². The first kappa shape index (κ1) is 15.9. The Hall–Kier alpha value is -1.98. The third kappa shape index (κ3) is 3.21. The summed E-state index contributed by atoms with van der Waals surface area (Å²) in [6.45, 7) is 1.06. The SMILES string of the molecule is C#CC1CC(n2cnc3c(N)ncnc32)OC1COP(C)(=O)O. The molecule has 3 N–H and O–H groups in total. The van der Waals surface area contributed by atoms with E-state index in [2.05, 4.69) is 20.9 Å². The topological polar surface area (TPSA) is 125 Å². The van der Waals surface area contributed by atoms with Crippen LogP contribution in [0.2, 0.25) is 0 Å². The van der Waals surface area contributed by atoms with Crippen LogP contribution in [0.25, 0.3) is 11.2 Å². The maximum atomic E-state index is 11.3. The van der Waals surface area contributed by atoms with E-state index in [4.69, 9.17) is 21.4 Å². The summed E-state index contributed by atoms with van der Waals surface area (Å²) in [5, 5.41) is 0. The summed E-state index contributed by atoms with van der Waals surface area (Å²) < 4.78 is 23.8. The van der Waals surface area contributed by atoms with Gasteiger partial charge < -0.3 is 19.9 Å². The molecule has 4 atom stereocenters. The third-order valence-corrected chi connectivity index (χ3v) is 4.25. The van der Waals surface area contributed by atoms with E-state index in [0.29, 0.717) is 17.6 Å². The van der Waals surface area contributed by atoms with E-state index < -0.39 is 19.9 Å². The van der Waals surface area contributed by atoms with Gasteiger partial charge in [0.1, 0.15) is 18.1 Å². The molecule has 23 heavy (non-hydrogen) atoms. The molecule has 1 fully saturated rings. The van der Waals surface area contributed by atoms with Crippen molar-refractivity contribution >= 4 is 24.6 Å². The van der Waals surface area contributed by atoms with Gasteiger partial charge in [0.05, 0.1) is 25.0 Å². The lowest BCUT2D eigenvalue weighted by molar-refractivity contribution is -0.0216. The van der Waals surface area contributed by atoms with Crippen molar-refractivity contribution in [1.29, 1.82) is 0 Å². The predicted octanol–water partition coefficient (Wildman–Crippen LogP) is 0.777. The predicted molar refractivity (Wildman–Crippen MR) is 82.3 cm³/mol. The number of anilines is 1. The number of nitrogens with two attached hydrogens (primary N) is 1. The molecule has 1 aliphatic rings. The van der Waals surface area contributed by atoms with E-state index in [1.165, 1.54) is 6.33 Å². The van der Waals surface area contributed by atoms with Gasteiger partial charge in [-0.1, -0.05) is 0 Å². The molecule has 0 radical (unpaired) electrons. The van der Waals surface area contributed by atoms with Crippen LogP contribution in [-0.4, -0.2) is 43.8 Å². The molecule has 0 saturated carbocycles. The maximum absolute atomic E-state index is 11.3. The molecule has 1 aliphatic heterocycles. The Morgan fingerprint density at radius 1 is 1.61 bits per heavy atom. The van der Waals surface area contributed by atoms with Gasteiger partial charge in [-0.15, -0.1) is 12.3 Å². The van der Waals surface area contributed by atoms with Crippen molar-refractivity contribution in [3.05, 3.63) is 12.7 Å². The van der Waals surface area contributed by atoms with E-state index in [-0.39, 0.29) is 18.3 Å². The fourth-order valence-electron chi connectivity index (χ4n) is 2.52. The molecular weight excluding hydrogens is 321 g/mol. The van der Waals surface area contributed by atoms with E-state index >= 15 is 0 Å². The lowest BCUT2D eigenvalue weighted by Crippen LogP contribution is -2.21. The molecule has 0 spiro atoms. The zero-order chi connectivity index (χ0) is 16.6. The number of terminal acetylenes is 1. The van der Waals surface area contributed by atoms with Gasteiger partial charge in [-0.2, -0.15) is 0 Å². The van der Waals surface area contributed by atoms with Crippen LogP contribution < -0.4 is 5.73 Å². The second-order valence-electron chi connectivity index (χ2n) is 5.32. The van der Waals surface area contributed by atoms with Gasteiger partial charge in [0, 0.05) is 13.1 Å². The van der Waals surface area contributed by atoms with Crippen LogP contribution >= 0.6 is 7.60 Å². The number of imidazole rings is 1. The number of fused-ring (bicyclic) bond motifs is 1. The fourth-order valence-corrected chi connectivity index (χ4v) is 2.95. The summed E-state index contributed by atoms with van der Waals surface area (Å²) in [6.07, 6.45) is 8.07. The molecule has 3 rings (SSSR count). The molecule has 0 bridgehead atoms. The minimum atomic E-state index is -3.59. The normalized spacial score (nSPS) is 26.9. The highest BCUT2D eigenvalue weighted by atomic mass is 31.2. The molecule has 0 aromatic carbocycles. The number of rotatable bonds is 4. The summed E-state index contributed by atoms with van der Waals surface area (Å²) in [4.78, 5) is 21.5. The van der Waals surface area contributed by atoms with Crippen molar-refractivity contribution in [2.45, 2.75) is 18.8 Å². The summed E-state index contributed by atoms with van der Waals surface area (Å²) in [5.74, 6) is 2.67. The summed E-state index contributed by atoms with van der Waals surface area (Å²) in [5.41, 5.74) is 6.80. The zero-order valence-corrected chi connectivity index (χ0v) is 13.3. The molecule has 9 nitrogen and oxygen atoms in total. The average Bonchev–Trinajstić information content (AvgIpc) is 3.08. The molecular formula is C13H16N5O4P. The van der Waals surface area contributed by atoms with Crippen molar-refractivity contribution in [3.8, 4) is 12.3 Å². The highest BCUT2D eigenvalue weighted by molar-refractivity contribution is 7.51. The lowest BCUT2D eigenvalue weighted by Gasteiger charge is -2.17. The van der Waals surface area contributed by atoms with Gasteiger partial charge in [-0.25, -0.2) is 15.0 Å². The molecule has 122 valence electrons. The maximum Gasteiger partial charge on any atom is 0.325 e. The molecule has 2 aromatic rings. The Bertz CT molecular complexity index is 810. The van der Waals surface area contributed by atoms with Gasteiger partial charge in [0.2, 0.25) is 0 Å². The largest absolute Gasteiger partial charge is 0.382 e. The Morgan fingerprint density at radius 2 is 2.39 bits per heavy atom. The molecule has 0 aliphatic carbocycles. The van der Waals surface area contributed by atoms with Crippen molar-refractivity contribution in [2.75, 3.05) is 19.0 Å². The van der Waals surface area contributed by atoms with E-state index in [9.17, 15) is 9.46 Å². The fraction of sp³-hybridized carbons (Fsp3) is 0.462. The van der Waals surface area contributed by atoms with Gasteiger partial charge in [-0.05, 0) is 0 Å². The number of nitrogens with zero attached hydrogens (tertiary/aromatic N) is 4. The molecule has 1 saturated heterocycles. The third-order valence-electron chi connectivity index (χ3n) is 3.63. The number of nitrogen functional groups attached to an aromatic ring is 1. The smallest absolute Gasteiger partial charge is 0.325 e. The van der Waals surface area contributed by atoms with Gasteiger partial charge in [0.15, 0.2) is 11.5 Å². The van der Waals surface area contributed by atoms with E-state index in [1.807, 2.05) is 0 Å². The number of ether oxygens (including phenoxy) is 1. The minimum Gasteiger partial charge on any atom is -0.382 e. The monoisotopic (exact) mass is 337 g/mol. The van der Waals surface area contributed by atoms with Crippen molar-refractivity contribution in [2.24, 2.45) is 5.92 Å². The van der Waals surface area contributed by atoms with Crippen LogP contribution in [-0.2, 0) is 13.8 Å².